The molecule has 0 aliphatic carbocycles. The van der Waals surface area contributed by atoms with Gasteiger partial charge in [-0.05, 0) is 20.0 Å². The number of likely N-dealkylation sites (N-methyl/N-ethyl adjacent to an activating group) is 1. The second-order valence-electron chi connectivity index (χ2n) is 7.32. The summed E-state index contributed by atoms with van der Waals surface area (Å²) in [7, 11) is 1.99. The van der Waals surface area contributed by atoms with E-state index in [4.69, 9.17) is 4.74 Å². The summed E-state index contributed by atoms with van der Waals surface area (Å²) in [5.41, 5.74) is -0.748. The maximum atomic E-state index is 13.3. The maximum absolute atomic E-state index is 13.3. The average molecular weight is 383 g/mol. The Kier molecular flexibility index (Phi) is 4.34. The van der Waals surface area contributed by atoms with E-state index in [9.17, 15) is 18.0 Å². The average Bonchev–Trinajstić information content (AvgIpc) is 2.79. The first kappa shape index (κ1) is 18.2. The first-order chi connectivity index (χ1) is 12.7. The van der Waals surface area contributed by atoms with Gasteiger partial charge < -0.3 is 14.5 Å². The molecule has 0 radical (unpaired) electrons. The van der Waals surface area contributed by atoms with Gasteiger partial charge in [-0.3, -0.25) is 4.79 Å². The van der Waals surface area contributed by atoms with Crippen LogP contribution in [0.4, 0.5) is 13.2 Å². The molecular weight excluding hydrogens is 363 g/mol. The molecule has 0 aromatic carbocycles. The Morgan fingerprint density at radius 1 is 1.22 bits per heavy atom. The lowest BCUT2D eigenvalue weighted by molar-refractivity contribution is -0.142. The van der Waals surface area contributed by atoms with Crippen molar-refractivity contribution in [3.05, 3.63) is 29.2 Å². The number of carbonyl (C=O) groups excluding carboxylic acids is 1. The van der Waals surface area contributed by atoms with Gasteiger partial charge in [0, 0.05) is 37.3 Å². The van der Waals surface area contributed by atoms with Crippen molar-refractivity contribution in [3.63, 3.8) is 0 Å². The smallest absolute Gasteiger partial charge is 0.379 e. The molecule has 146 valence electrons. The molecule has 27 heavy (non-hydrogen) atoms. The van der Waals surface area contributed by atoms with E-state index in [1.165, 1.54) is 13.0 Å². The molecule has 0 unspecified atom stereocenters. The number of rotatable bonds is 1. The molecular formula is C17H20F3N5O2. The monoisotopic (exact) mass is 383 g/mol. The third-order valence-corrected chi connectivity index (χ3v) is 4.98. The molecule has 4 rings (SSSR count). The first-order valence-corrected chi connectivity index (χ1v) is 8.74. The molecule has 2 bridgehead atoms. The maximum Gasteiger partial charge on any atom is 0.433 e. The fraction of sp³-hybridized carbons (Fsp3) is 0.588. The second kappa shape index (κ2) is 6.45. The number of halogens is 3. The molecule has 0 spiro atoms. The number of aryl methyl sites for hydroxylation is 1. The molecule has 2 atom stereocenters. The van der Waals surface area contributed by atoms with Crippen molar-refractivity contribution < 1.29 is 22.7 Å². The highest BCUT2D eigenvalue weighted by Crippen LogP contribution is 2.30. The Morgan fingerprint density at radius 3 is 2.74 bits per heavy atom. The van der Waals surface area contributed by atoms with E-state index in [0.717, 1.165) is 12.6 Å². The van der Waals surface area contributed by atoms with E-state index < -0.39 is 11.9 Å². The number of amides is 1. The third-order valence-electron chi connectivity index (χ3n) is 4.98. The van der Waals surface area contributed by atoms with E-state index in [-0.39, 0.29) is 34.9 Å². The lowest BCUT2D eigenvalue weighted by Gasteiger charge is -2.29. The van der Waals surface area contributed by atoms with Crippen LogP contribution in [0.15, 0.2) is 12.1 Å². The fourth-order valence-electron chi connectivity index (χ4n) is 3.88. The second-order valence-corrected chi connectivity index (χ2v) is 7.32. The molecule has 7 nitrogen and oxygen atoms in total. The number of alkyl halides is 3. The fourth-order valence-corrected chi connectivity index (χ4v) is 3.88. The van der Waals surface area contributed by atoms with Crippen LogP contribution in [0.5, 0.6) is 0 Å². The van der Waals surface area contributed by atoms with Crippen molar-refractivity contribution in [1.29, 1.82) is 0 Å². The summed E-state index contributed by atoms with van der Waals surface area (Å²) in [6, 6.07) is 2.09. The molecule has 2 aliphatic rings. The summed E-state index contributed by atoms with van der Waals surface area (Å²) in [5, 5.41) is 3.95. The quantitative estimate of drug-likeness (QED) is 0.746. The van der Waals surface area contributed by atoms with Crippen LogP contribution in [-0.2, 0) is 10.9 Å². The number of aromatic nitrogens is 3. The zero-order valence-electron chi connectivity index (χ0n) is 15.0. The summed E-state index contributed by atoms with van der Waals surface area (Å²) in [6.07, 6.45) is -4.59. The molecule has 2 aromatic heterocycles. The van der Waals surface area contributed by atoms with Gasteiger partial charge in [-0.2, -0.15) is 18.3 Å². The number of hydrogen-bond donors (Lipinski definition) is 0. The Bertz CT molecular complexity index is 881. The van der Waals surface area contributed by atoms with E-state index in [2.05, 4.69) is 15.0 Å². The molecule has 4 heterocycles. The van der Waals surface area contributed by atoms with Crippen molar-refractivity contribution in [2.24, 2.45) is 5.92 Å². The van der Waals surface area contributed by atoms with E-state index >= 15 is 0 Å². The van der Waals surface area contributed by atoms with Crippen molar-refractivity contribution in [2.75, 3.05) is 39.9 Å². The number of ether oxygens (including phenoxy) is 1. The highest BCUT2D eigenvalue weighted by Gasteiger charge is 2.38. The zero-order valence-corrected chi connectivity index (χ0v) is 15.0. The molecule has 10 heteroatoms. The summed E-state index contributed by atoms with van der Waals surface area (Å²) in [5.74, 6) is -0.225. The summed E-state index contributed by atoms with van der Waals surface area (Å²) >= 11 is 0. The zero-order chi connectivity index (χ0) is 19.3. The van der Waals surface area contributed by atoms with Crippen molar-refractivity contribution in [1.82, 2.24) is 24.4 Å². The largest absolute Gasteiger partial charge is 0.433 e. The topological polar surface area (TPSA) is 63.0 Å². The van der Waals surface area contributed by atoms with Crippen molar-refractivity contribution >= 4 is 11.6 Å². The van der Waals surface area contributed by atoms with Gasteiger partial charge in [0.2, 0.25) is 0 Å². The van der Waals surface area contributed by atoms with Crippen molar-refractivity contribution in [2.45, 2.75) is 19.1 Å². The number of carbonyl (C=O) groups is 1. The minimum absolute atomic E-state index is 0.0110. The lowest BCUT2D eigenvalue weighted by atomic mass is 10.1. The minimum atomic E-state index is -4.59. The molecule has 0 N–H and O–H groups in total. The predicted molar refractivity (Wildman–Crippen MR) is 89.4 cm³/mol. The first-order valence-electron chi connectivity index (χ1n) is 8.74. The lowest BCUT2D eigenvalue weighted by Crippen LogP contribution is -2.46. The van der Waals surface area contributed by atoms with Crippen LogP contribution >= 0.6 is 0 Å². The summed E-state index contributed by atoms with van der Waals surface area (Å²) in [6.45, 7) is 4.42. The van der Waals surface area contributed by atoms with E-state index in [0.29, 0.717) is 30.8 Å². The highest BCUT2D eigenvalue weighted by molar-refractivity contribution is 5.93. The van der Waals surface area contributed by atoms with Crippen LogP contribution in [-0.4, -0.2) is 76.2 Å². The Hall–Kier alpha value is -2.20. The molecule has 2 fully saturated rings. The van der Waals surface area contributed by atoms with Gasteiger partial charge in [0.15, 0.2) is 11.3 Å². The van der Waals surface area contributed by atoms with Crippen LogP contribution in [0.1, 0.15) is 21.9 Å². The van der Waals surface area contributed by atoms with Gasteiger partial charge in [-0.1, -0.05) is 0 Å². The number of nitrogens with zero attached hydrogens (tertiary/aromatic N) is 5. The summed E-state index contributed by atoms with van der Waals surface area (Å²) in [4.78, 5) is 21.0. The summed E-state index contributed by atoms with van der Waals surface area (Å²) < 4.78 is 46.3. The Labute approximate surface area is 153 Å². The molecule has 0 saturated carbocycles. The minimum Gasteiger partial charge on any atom is -0.379 e. The number of hydrogen-bond acceptors (Lipinski definition) is 5. The molecule has 2 aliphatic heterocycles. The Balaban J connectivity index is 1.73. The van der Waals surface area contributed by atoms with E-state index in [1.54, 1.807) is 4.90 Å². The standard InChI is InChI=1S/C17H20F3N5O2/c1-10-3-14(17(18,19)20)25-15(21-10)4-13(22-25)16(26)24-6-11-5-23(2)7-12(24)9-27-8-11/h3-4,11-12H,5-9H2,1-2H3/t11-,12-/m0/s1. The normalized spacial score (nSPS) is 24.3. The van der Waals surface area contributed by atoms with Crippen LogP contribution in [0, 0.1) is 12.8 Å². The highest BCUT2D eigenvalue weighted by atomic mass is 19.4. The van der Waals surface area contributed by atoms with Gasteiger partial charge >= 0.3 is 6.18 Å². The molecule has 2 aromatic rings. The van der Waals surface area contributed by atoms with Crippen LogP contribution in [0.2, 0.25) is 0 Å². The molecule has 1 amide bonds. The number of fused-ring (bicyclic) bond motifs is 4. The predicted octanol–water partition coefficient (Wildman–Crippen LogP) is 1.46. The van der Waals surface area contributed by atoms with Crippen molar-refractivity contribution in [3.8, 4) is 0 Å². The van der Waals surface area contributed by atoms with Gasteiger partial charge in [-0.25, -0.2) is 9.50 Å². The SMILES string of the molecule is Cc1cc(C(F)(F)F)n2nc(C(=O)N3C[C@H]4COC[C@@H]3CN(C)C4)cc2n1. The molecule has 2 saturated heterocycles. The van der Waals surface area contributed by atoms with Gasteiger partial charge in [0.1, 0.15) is 5.69 Å². The van der Waals surface area contributed by atoms with Crippen LogP contribution in [0.25, 0.3) is 5.65 Å². The van der Waals surface area contributed by atoms with Gasteiger partial charge in [0.05, 0.1) is 19.3 Å². The van der Waals surface area contributed by atoms with Gasteiger partial charge in [-0.15, -0.1) is 0 Å². The Morgan fingerprint density at radius 2 is 2.00 bits per heavy atom. The third kappa shape index (κ3) is 3.39. The van der Waals surface area contributed by atoms with E-state index in [1.807, 2.05) is 7.05 Å². The van der Waals surface area contributed by atoms with Crippen LogP contribution < -0.4 is 0 Å². The van der Waals surface area contributed by atoms with Crippen LogP contribution in [0.3, 0.4) is 0 Å². The van der Waals surface area contributed by atoms with Gasteiger partial charge in [0.25, 0.3) is 5.91 Å².